The Labute approximate surface area is 103 Å². The van der Waals surface area contributed by atoms with Crippen molar-refractivity contribution < 1.29 is 23.7 Å². The molecule has 18 heavy (non-hydrogen) atoms. The van der Waals surface area contributed by atoms with Crippen LogP contribution < -0.4 is 14.8 Å². The fourth-order valence-electron chi connectivity index (χ4n) is 2.21. The Morgan fingerprint density at radius 3 is 2.89 bits per heavy atom. The van der Waals surface area contributed by atoms with Crippen molar-refractivity contribution in [2.75, 3.05) is 32.9 Å². The summed E-state index contributed by atoms with van der Waals surface area (Å²) >= 11 is 0. The van der Waals surface area contributed by atoms with E-state index in [1.807, 2.05) is 0 Å². The highest BCUT2D eigenvalue weighted by Gasteiger charge is 2.30. The summed E-state index contributed by atoms with van der Waals surface area (Å²) in [6.45, 7) is 2.47. The van der Waals surface area contributed by atoms with Crippen LogP contribution in [0.4, 0.5) is 4.39 Å². The lowest BCUT2D eigenvalue weighted by molar-refractivity contribution is 0.0217. The maximum Gasteiger partial charge on any atom is 0.174 e. The number of phenolic OH excluding ortho intramolecular Hbond substituents is 1. The molecular weight excluding hydrogens is 241 g/mol. The van der Waals surface area contributed by atoms with Crippen molar-refractivity contribution in [1.82, 2.24) is 5.32 Å². The minimum atomic E-state index is -0.701. The maximum atomic E-state index is 14.1. The summed E-state index contributed by atoms with van der Waals surface area (Å²) in [5, 5.41) is 12.7. The summed E-state index contributed by atoms with van der Waals surface area (Å²) in [5.74, 6) is -0.439. The summed E-state index contributed by atoms with van der Waals surface area (Å²) < 4.78 is 30.4. The third-order valence-electron chi connectivity index (χ3n) is 3.03. The molecule has 3 rings (SSSR count). The smallest absolute Gasteiger partial charge is 0.174 e. The lowest BCUT2D eigenvalue weighted by Crippen LogP contribution is -2.34. The molecule has 1 unspecified atom stereocenters. The predicted octanol–water partition coefficient (Wildman–Crippen LogP) is 0.963. The maximum absolute atomic E-state index is 14.1. The van der Waals surface area contributed by atoms with E-state index in [4.69, 9.17) is 14.2 Å². The van der Waals surface area contributed by atoms with Gasteiger partial charge in [0.05, 0.1) is 12.2 Å². The topological polar surface area (TPSA) is 60.0 Å². The van der Waals surface area contributed by atoms with Gasteiger partial charge in [0.1, 0.15) is 19.3 Å². The molecular formula is C12H14FNO4. The SMILES string of the molecule is Oc1cc2c(c(C3CNCCO3)c1F)OCCO2. The molecule has 0 saturated carbocycles. The van der Waals surface area contributed by atoms with Gasteiger partial charge in [-0.1, -0.05) is 0 Å². The van der Waals surface area contributed by atoms with Gasteiger partial charge in [-0.2, -0.15) is 0 Å². The molecule has 1 saturated heterocycles. The lowest BCUT2D eigenvalue weighted by Gasteiger charge is -2.28. The second-order valence-corrected chi connectivity index (χ2v) is 4.21. The highest BCUT2D eigenvalue weighted by molar-refractivity contribution is 5.54. The van der Waals surface area contributed by atoms with Crippen LogP contribution in [-0.4, -0.2) is 38.0 Å². The summed E-state index contributed by atoms with van der Waals surface area (Å²) in [5.41, 5.74) is 0.233. The molecule has 6 heteroatoms. The number of phenols is 1. The second-order valence-electron chi connectivity index (χ2n) is 4.21. The van der Waals surface area contributed by atoms with Crippen LogP contribution in [-0.2, 0) is 4.74 Å². The van der Waals surface area contributed by atoms with Crippen LogP contribution in [0.1, 0.15) is 11.7 Å². The van der Waals surface area contributed by atoms with E-state index in [2.05, 4.69) is 5.32 Å². The normalized spacial score (nSPS) is 22.8. The number of benzene rings is 1. The second kappa shape index (κ2) is 4.62. The number of hydrogen-bond acceptors (Lipinski definition) is 5. The highest BCUT2D eigenvalue weighted by atomic mass is 19.1. The molecule has 0 spiro atoms. The largest absolute Gasteiger partial charge is 0.505 e. The standard InChI is InChI=1S/C12H14FNO4/c13-11-7(15)5-8-12(18-4-3-17-8)10(11)9-6-14-1-2-16-9/h5,9,14-15H,1-4,6H2. The third-order valence-corrected chi connectivity index (χ3v) is 3.03. The zero-order chi connectivity index (χ0) is 12.5. The minimum Gasteiger partial charge on any atom is -0.505 e. The summed E-state index contributed by atoms with van der Waals surface area (Å²) in [4.78, 5) is 0. The molecule has 0 aliphatic carbocycles. The van der Waals surface area contributed by atoms with Crippen molar-refractivity contribution >= 4 is 0 Å². The monoisotopic (exact) mass is 255 g/mol. The van der Waals surface area contributed by atoms with Crippen molar-refractivity contribution in [3.8, 4) is 17.2 Å². The van der Waals surface area contributed by atoms with Gasteiger partial charge in [0.2, 0.25) is 0 Å². The first kappa shape index (κ1) is 11.6. The average molecular weight is 255 g/mol. The van der Waals surface area contributed by atoms with Crippen LogP contribution in [0.15, 0.2) is 6.07 Å². The summed E-state index contributed by atoms with van der Waals surface area (Å²) in [6, 6.07) is 1.24. The van der Waals surface area contributed by atoms with Gasteiger partial charge >= 0.3 is 0 Å². The number of hydrogen-bond donors (Lipinski definition) is 2. The molecule has 1 atom stereocenters. The molecule has 1 aromatic carbocycles. The summed E-state index contributed by atoms with van der Waals surface area (Å²) in [6.07, 6.45) is -0.471. The number of rotatable bonds is 1. The number of nitrogens with one attached hydrogen (secondary N) is 1. The molecule has 0 amide bonds. The van der Waals surface area contributed by atoms with E-state index in [9.17, 15) is 9.50 Å². The van der Waals surface area contributed by atoms with Crippen LogP contribution in [0.2, 0.25) is 0 Å². The van der Waals surface area contributed by atoms with Crippen LogP contribution in [0.5, 0.6) is 17.2 Å². The van der Waals surface area contributed by atoms with Gasteiger partial charge < -0.3 is 24.6 Å². The molecule has 2 N–H and O–H groups in total. The van der Waals surface area contributed by atoms with E-state index < -0.39 is 17.7 Å². The van der Waals surface area contributed by atoms with Crippen LogP contribution >= 0.6 is 0 Å². The Morgan fingerprint density at radius 2 is 2.11 bits per heavy atom. The van der Waals surface area contributed by atoms with Crippen LogP contribution in [0.3, 0.4) is 0 Å². The van der Waals surface area contributed by atoms with Crippen molar-refractivity contribution in [3.63, 3.8) is 0 Å². The van der Waals surface area contributed by atoms with E-state index in [0.29, 0.717) is 37.9 Å². The van der Waals surface area contributed by atoms with E-state index in [-0.39, 0.29) is 5.56 Å². The third kappa shape index (κ3) is 1.87. The Kier molecular flexibility index (Phi) is 2.97. The molecule has 1 aromatic rings. The van der Waals surface area contributed by atoms with Crippen molar-refractivity contribution in [2.45, 2.75) is 6.10 Å². The fourth-order valence-corrected chi connectivity index (χ4v) is 2.21. The first-order valence-corrected chi connectivity index (χ1v) is 5.90. The molecule has 2 aliphatic heterocycles. The van der Waals surface area contributed by atoms with E-state index in [1.54, 1.807) is 0 Å². The van der Waals surface area contributed by atoms with Gasteiger partial charge in [-0.05, 0) is 0 Å². The summed E-state index contributed by atoms with van der Waals surface area (Å²) in [7, 11) is 0. The van der Waals surface area contributed by atoms with E-state index in [1.165, 1.54) is 6.07 Å². The Morgan fingerprint density at radius 1 is 1.28 bits per heavy atom. The van der Waals surface area contributed by atoms with Gasteiger partial charge in [0.25, 0.3) is 0 Å². The number of morpholine rings is 1. The number of halogens is 1. The van der Waals surface area contributed by atoms with Gasteiger partial charge in [-0.25, -0.2) is 4.39 Å². The quantitative estimate of drug-likeness (QED) is 0.783. The first-order chi connectivity index (χ1) is 8.77. The molecule has 0 aromatic heterocycles. The van der Waals surface area contributed by atoms with E-state index >= 15 is 0 Å². The minimum absolute atomic E-state index is 0.233. The molecule has 1 fully saturated rings. The van der Waals surface area contributed by atoms with Crippen LogP contribution in [0.25, 0.3) is 0 Å². The zero-order valence-corrected chi connectivity index (χ0v) is 9.74. The van der Waals surface area contributed by atoms with E-state index in [0.717, 1.165) is 6.54 Å². The molecule has 5 nitrogen and oxygen atoms in total. The molecule has 2 aliphatic rings. The van der Waals surface area contributed by atoms with Gasteiger partial charge in [0.15, 0.2) is 23.1 Å². The first-order valence-electron chi connectivity index (χ1n) is 5.90. The van der Waals surface area contributed by atoms with Gasteiger partial charge in [0, 0.05) is 19.2 Å². The Bertz CT molecular complexity index is 460. The van der Waals surface area contributed by atoms with Gasteiger partial charge in [-0.3, -0.25) is 0 Å². The van der Waals surface area contributed by atoms with Crippen LogP contribution in [0, 0.1) is 5.82 Å². The molecule has 0 radical (unpaired) electrons. The Balaban J connectivity index is 2.07. The highest BCUT2D eigenvalue weighted by Crippen LogP contribution is 2.43. The zero-order valence-electron chi connectivity index (χ0n) is 9.74. The van der Waals surface area contributed by atoms with Crippen molar-refractivity contribution in [2.24, 2.45) is 0 Å². The average Bonchev–Trinajstić information content (AvgIpc) is 2.41. The molecule has 98 valence electrons. The fraction of sp³-hybridized carbons (Fsp3) is 0.500. The lowest BCUT2D eigenvalue weighted by atomic mass is 10.0. The molecule has 0 bridgehead atoms. The predicted molar refractivity (Wildman–Crippen MR) is 60.6 cm³/mol. The van der Waals surface area contributed by atoms with Gasteiger partial charge in [-0.15, -0.1) is 0 Å². The Hall–Kier alpha value is -1.53. The number of aromatic hydroxyl groups is 1. The number of fused-ring (bicyclic) bond motifs is 1. The van der Waals surface area contributed by atoms with Crippen molar-refractivity contribution in [3.05, 3.63) is 17.4 Å². The number of ether oxygens (including phenoxy) is 3. The molecule has 2 heterocycles. The van der Waals surface area contributed by atoms with Crippen molar-refractivity contribution in [1.29, 1.82) is 0 Å².